The topological polar surface area (TPSA) is 197 Å². The summed E-state index contributed by atoms with van der Waals surface area (Å²) in [5.74, 6) is 2.22. The molecule has 2 aromatic carbocycles. The number of fused-ring (bicyclic) bond motifs is 2. The molecule has 0 bridgehead atoms. The summed E-state index contributed by atoms with van der Waals surface area (Å²) in [7, 11) is 0. The third-order valence-corrected chi connectivity index (χ3v) is 12.5. The molecule has 0 radical (unpaired) electrons. The van der Waals surface area contributed by atoms with Crippen molar-refractivity contribution in [2.24, 2.45) is 23.7 Å². The zero-order valence-corrected chi connectivity index (χ0v) is 29.5. The molecule has 0 spiro atoms. The van der Waals surface area contributed by atoms with Gasteiger partial charge in [0.2, 0.25) is 11.8 Å². The van der Waals surface area contributed by atoms with E-state index in [1.54, 1.807) is 0 Å². The molecule has 4 heterocycles. The molecule has 0 unspecified atom stereocenters. The lowest BCUT2D eigenvalue weighted by Crippen LogP contribution is -2.50. The Labute approximate surface area is 310 Å². The molecule has 278 valence electrons. The smallest absolute Gasteiger partial charge is 0.405 e. The number of carbonyl (C=O) groups excluding carboxylic acids is 2. The molecular weight excluding hydrogens is 688 g/mol. The normalized spacial score (nSPS) is 27.5. The third kappa shape index (κ3) is 5.97. The zero-order chi connectivity index (χ0) is 36.8. The van der Waals surface area contributed by atoms with Crippen molar-refractivity contribution < 1.29 is 29.4 Å². The number of aromatic nitrogens is 4. The van der Waals surface area contributed by atoms with Crippen molar-refractivity contribution in [2.45, 2.75) is 87.6 Å². The molecule has 4 aromatic rings. The maximum atomic E-state index is 13.6. The van der Waals surface area contributed by atoms with E-state index in [2.05, 4.69) is 44.9 Å². The van der Waals surface area contributed by atoms with Crippen molar-refractivity contribution in [3.05, 3.63) is 72.6 Å². The lowest BCUT2D eigenvalue weighted by atomic mass is 10.0. The first-order chi connectivity index (χ1) is 26.2. The minimum absolute atomic E-state index is 0.0701. The Kier molecular flexibility index (Phi) is 7.60. The van der Waals surface area contributed by atoms with Crippen molar-refractivity contribution in [2.75, 3.05) is 0 Å². The van der Waals surface area contributed by atoms with Crippen LogP contribution in [-0.2, 0) is 9.59 Å². The van der Waals surface area contributed by atoms with Crippen LogP contribution in [-0.4, -0.2) is 88.1 Å². The highest BCUT2D eigenvalue weighted by Crippen LogP contribution is 2.55. The van der Waals surface area contributed by atoms with Gasteiger partial charge in [0.15, 0.2) is 0 Å². The second kappa shape index (κ2) is 12.5. The first-order valence-corrected chi connectivity index (χ1v) is 19.1. The van der Waals surface area contributed by atoms with Crippen molar-refractivity contribution in [3.63, 3.8) is 0 Å². The Hall–Kier alpha value is -5.66. The van der Waals surface area contributed by atoms with Crippen LogP contribution in [0, 0.1) is 23.7 Å². The van der Waals surface area contributed by atoms with Gasteiger partial charge in [-0.1, -0.05) is 48.5 Å². The van der Waals surface area contributed by atoms with E-state index in [-0.39, 0.29) is 47.8 Å². The van der Waals surface area contributed by atoms with E-state index in [9.17, 15) is 29.4 Å². The number of carbonyl (C=O) groups is 4. The van der Waals surface area contributed by atoms with Gasteiger partial charge < -0.3 is 40.6 Å². The molecule has 14 nitrogen and oxygen atoms in total. The summed E-state index contributed by atoms with van der Waals surface area (Å²) < 4.78 is 0. The molecule has 2 aliphatic heterocycles. The molecule has 8 atom stereocenters. The monoisotopic (exact) mass is 730 g/mol. The minimum atomic E-state index is -1.16. The number of nitrogens with zero attached hydrogens (tertiary/aromatic N) is 4. The summed E-state index contributed by atoms with van der Waals surface area (Å²) in [6.45, 7) is 0. The Balaban J connectivity index is 0.810. The first kappa shape index (κ1) is 32.9. The maximum absolute atomic E-state index is 13.6. The SMILES string of the molecule is O=C(O)N[C@H](C(=O)N1[C@@H]2C[C@@H]2C[C@H]1c1nc(-c2ccc(-c3ccc(-c4c[nH]c([C@@H]5C[C@H]6C[C@H]6N5C(=O)[C@@H](NC(=O)O)C5CC5)n4)cc3)cc2)c[nH]1)C1CC1. The predicted molar refractivity (Wildman–Crippen MR) is 195 cm³/mol. The van der Waals surface area contributed by atoms with E-state index in [4.69, 9.17) is 9.97 Å². The van der Waals surface area contributed by atoms with Crippen molar-refractivity contribution in [3.8, 4) is 33.6 Å². The standard InChI is InChI=1S/C40H42N8O6/c49-37(33(23-9-10-23)45-39(51)52)47-29-13-25(29)15-31(47)35-41-17-27(43-35)21-5-1-19(2-6-21)20-3-7-22(8-4-20)28-18-42-36(44-28)32-16-26-14-30(26)48(32)38(50)34(24-11-12-24)46-40(53)54/h1-8,17-18,23-26,29-34,45-46H,9-16H2,(H,41,43)(H,42,44)(H,51,52)(H,53,54)/t25-,26-,29-,30-,31+,32+,33+,34+/m1/s1. The number of hydrogen-bond acceptors (Lipinski definition) is 6. The lowest BCUT2D eigenvalue weighted by Gasteiger charge is -2.30. The Morgan fingerprint density at radius 3 is 1.31 bits per heavy atom. The fourth-order valence-electron chi connectivity index (χ4n) is 9.22. The quantitative estimate of drug-likeness (QED) is 0.116. The first-order valence-electron chi connectivity index (χ1n) is 19.1. The maximum Gasteiger partial charge on any atom is 0.405 e. The van der Waals surface area contributed by atoms with Gasteiger partial charge in [0.05, 0.1) is 23.5 Å². The fraction of sp³-hybridized carbons (Fsp3) is 0.450. The van der Waals surface area contributed by atoms with Gasteiger partial charge in [-0.15, -0.1) is 0 Å². The second-order valence-corrected chi connectivity index (χ2v) is 16.1. The van der Waals surface area contributed by atoms with E-state index in [0.717, 1.165) is 96.7 Å². The molecule has 6 fully saturated rings. The highest BCUT2D eigenvalue weighted by molar-refractivity contribution is 5.88. The van der Waals surface area contributed by atoms with E-state index < -0.39 is 24.3 Å². The number of rotatable bonds is 11. The van der Waals surface area contributed by atoms with Gasteiger partial charge in [0, 0.05) is 35.6 Å². The summed E-state index contributed by atoms with van der Waals surface area (Å²) in [6, 6.07) is 14.9. The largest absolute Gasteiger partial charge is 0.465 e. The molecule has 10 rings (SSSR count). The number of imidazole rings is 2. The molecule has 6 N–H and O–H groups in total. The number of H-pyrrole nitrogens is 2. The van der Waals surface area contributed by atoms with E-state index >= 15 is 0 Å². The zero-order valence-electron chi connectivity index (χ0n) is 29.5. The van der Waals surface area contributed by atoms with Crippen molar-refractivity contribution in [1.82, 2.24) is 40.4 Å². The molecule has 4 saturated carbocycles. The number of nitrogens with one attached hydrogen (secondary N) is 4. The Morgan fingerprint density at radius 2 is 0.963 bits per heavy atom. The molecule has 4 amide bonds. The number of amides is 4. The summed E-state index contributed by atoms with van der Waals surface area (Å²) >= 11 is 0. The highest BCUT2D eigenvalue weighted by atomic mass is 16.4. The van der Waals surface area contributed by atoms with Crippen LogP contribution in [0.4, 0.5) is 9.59 Å². The van der Waals surface area contributed by atoms with Crippen LogP contribution < -0.4 is 10.6 Å². The molecule has 14 heteroatoms. The van der Waals surface area contributed by atoms with Gasteiger partial charge in [-0.3, -0.25) is 9.59 Å². The Bertz CT molecular complexity index is 1990. The Morgan fingerprint density at radius 1 is 0.593 bits per heavy atom. The summed E-state index contributed by atoms with van der Waals surface area (Å²) in [6.07, 6.45) is 8.46. The van der Waals surface area contributed by atoms with Gasteiger partial charge in [0.25, 0.3) is 0 Å². The van der Waals surface area contributed by atoms with Gasteiger partial charge in [-0.05, 0) is 86.2 Å². The number of hydrogen-bond donors (Lipinski definition) is 6. The van der Waals surface area contributed by atoms with Gasteiger partial charge >= 0.3 is 12.2 Å². The van der Waals surface area contributed by atoms with Crippen molar-refractivity contribution >= 4 is 24.0 Å². The lowest BCUT2D eigenvalue weighted by molar-refractivity contribution is -0.136. The number of benzene rings is 2. The molecule has 2 aromatic heterocycles. The highest BCUT2D eigenvalue weighted by Gasteiger charge is 2.58. The average Bonchev–Trinajstić information content (AvgIpc) is 4.13. The number of likely N-dealkylation sites (tertiary alicyclic amines) is 2. The van der Waals surface area contributed by atoms with Crippen molar-refractivity contribution in [1.29, 1.82) is 0 Å². The van der Waals surface area contributed by atoms with Crippen LogP contribution >= 0.6 is 0 Å². The van der Waals surface area contributed by atoms with E-state index in [1.165, 1.54) is 0 Å². The van der Waals surface area contributed by atoms with Gasteiger partial charge in [-0.2, -0.15) is 0 Å². The van der Waals surface area contributed by atoms with E-state index in [1.807, 2.05) is 46.5 Å². The van der Waals surface area contributed by atoms with Crippen LogP contribution in [0.25, 0.3) is 33.6 Å². The van der Waals surface area contributed by atoms with E-state index in [0.29, 0.717) is 11.8 Å². The predicted octanol–water partition coefficient (Wildman–Crippen LogP) is 5.55. The van der Waals surface area contributed by atoms with Gasteiger partial charge in [-0.25, -0.2) is 19.6 Å². The second-order valence-electron chi connectivity index (χ2n) is 16.1. The summed E-state index contributed by atoms with van der Waals surface area (Å²) in [5, 5.41) is 23.7. The molecule has 2 saturated heterocycles. The average molecular weight is 731 g/mol. The fourth-order valence-corrected chi connectivity index (χ4v) is 9.22. The molecule has 6 aliphatic rings. The number of aromatic amines is 2. The number of piperidine rings is 2. The molecule has 54 heavy (non-hydrogen) atoms. The number of carboxylic acid groups (broad SMARTS) is 2. The summed E-state index contributed by atoms with van der Waals surface area (Å²) in [5.41, 5.74) is 5.58. The molecular formula is C40H42N8O6. The van der Waals surface area contributed by atoms with Crippen LogP contribution in [0.3, 0.4) is 0 Å². The van der Waals surface area contributed by atoms with Crippen LogP contribution in [0.5, 0.6) is 0 Å². The molecule has 4 aliphatic carbocycles. The van der Waals surface area contributed by atoms with Gasteiger partial charge in [0.1, 0.15) is 23.7 Å². The minimum Gasteiger partial charge on any atom is -0.465 e. The van der Waals surface area contributed by atoms with Crippen LogP contribution in [0.1, 0.15) is 75.1 Å². The van der Waals surface area contributed by atoms with Crippen LogP contribution in [0.2, 0.25) is 0 Å². The third-order valence-electron chi connectivity index (χ3n) is 12.5. The summed E-state index contributed by atoms with van der Waals surface area (Å²) in [4.78, 5) is 70.4. The van der Waals surface area contributed by atoms with Crippen LogP contribution in [0.15, 0.2) is 60.9 Å².